The third-order valence-electron chi connectivity index (χ3n) is 8.39. The van der Waals surface area contributed by atoms with Crippen LogP contribution in [-0.2, 0) is 22.6 Å². The molecule has 0 aliphatic carbocycles. The zero-order valence-electron chi connectivity index (χ0n) is 23.0. The number of nitrogens with one attached hydrogen (secondary N) is 1. The van der Waals surface area contributed by atoms with Crippen molar-refractivity contribution in [2.24, 2.45) is 10.4 Å². The predicted octanol–water partition coefficient (Wildman–Crippen LogP) is 3.50. The molecule has 1 unspecified atom stereocenters. The van der Waals surface area contributed by atoms with Gasteiger partial charge < -0.3 is 10.0 Å². The van der Waals surface area contributed by atoms with Crippen molar-refractivity contribution in [3.8, 4) is 5.88 Å². The summed E-state index contributed by atoms with van der Waals surface area (Å²) >= 11 is 5.26. The third kappa shape index (κ3) is 4.34. The molecule has 2 fully saturated rings. The highest BCUT2D eigenvalue weighted by Crippen LogP contribution is 2.49. The number of unbranched alkanes of at least 4 members (excludes halogenated alkanes) is 3. The minimum Gasteiger partial charge on any atom is -0.494 e. The molecular formula is C28H34N6O5S. The van der Waals surface area contributed by atoms with Crippen molar-refractivity contribution in [2.75, 3.05) is 25.5 Å². The van der Waals surface area contributed by atoms with Gasteiger partial charge >= 0.3 is 6.03 Å². The standard InChI is InChI=1S/C28H34N6O5S/c1-4-5-6-7-12-34-23(36)19(22(35)30-26(34)40)16-29-18-10-11-20-17(14-18)15-28(21-9-8-13-33(20)21)24(37)31(2)27(39)32(3)25(28)38/h10-11,14,16,21,36H,4-9,12-13,15H2,1-3H3,(H,30,35,40). The first-order valence-electron chi connectivity index (χ1n) is 13.7. The summed E-state index contributed by atoms with van der Waals surface area (Å²) in [4.78, 5) is 63.6. The van der Waals surface area contributed by atoms with Gasteiger partial charge in [-0.2, -0.15) is 0 Å². The average Bonchev–Trinajstić information content (AvgIpc) is 3.44. The number of aliphatic imine (C=N–C) groups is 1. The number of aromatic nitrogens is 2. The van der Waals surface area contributed by atoms with Crippen LogP contribution in [0.1, 0.15) is 56.6 Å². The van der Waals surface area contributed by atoms with Crippen molar-refractivity contribution in [3.05, 3.63) is 44.5 Å². The minimum absolute atomic E-state index is 0.00251. The Hall–Kier alpha value is -3.80. The lowest BCUT2D eigenvalue weighted by molar-refractivity contribution is -0.159. The molecule has 0 saturated carbocycles. The number of nitrogens with zero attached hydrogens (tertiary/aromatic N) is 5. The largest absolute Gasteiger partial charge is 0.494 e. The molecule has 5 rings (SSSR count). The van der Waals surface area contributed by atoms with Crippen LogP contribution in [-0.4, -0.2) is 75.2 Å². The number of amides is 4. The van der Waals surface area contributed by atoms with Crippen LogP contribution in [0.3, 0.4) is 0 Å². The molecule has 4 heterocycles. The molecule has 2 saturated heterocycles. The number of H-pyrrole nitrogens is 1. The van der Waals surface area contributed by atoms with E-state index in [1.165, 1.54) is 24.9 Å². The molecule has 11 nitrogen and oxygen atoms in total. The summed E-state index contributed by atoms with van der Waals surface area (Å²) in [6.45, 7) is 3.29. The summed E-state index contributed by atoms with van der Waals surface area (Å²) < 4.78 is 1.66. The smallest absolute Gasteiger partial charge is 0.332 e. The number of aromatic hydroxyl groups is 1. The first-order valence-corrected chi connectivity index (χ1v) is 14.1. The van der Waals surface area contributed by atoms with Crippen LogP contribution in [0.2, 0.25) is 0 Å². The van der Waals surface area contributed by atoms with Crippen LogP contribution in [0.4, 0.5) is 16.2 Å². The molecule has 1 spiro atoms. The number of carbonyl (C=O) groups excluding carboxylic acids is 3. The Bertz CT molecular complexity index is 1500. The van der Waals surface area contributed by atoms with E-state index in [4.69, 9.17) is 12.2 Å². The normalized spacial score (nSPS) is 20.1. The summed E-state index contributed by atoms with van der Waals surface area (Å²) in [7, 11) is 2.83. The summed E-state index contributed by atoms with van der Waals surface area (Å²) in [5.41, 5.74) is 0.239. The van der Waals surface area contributed by atoms with Gasteiger partial charge in [0.15, 0.2) is 10.2 Å². The highest BCUT2D eigenvalue weighted by molar-refractivity contribution is 7.71. The van der Waals surface area contributed by atoms with Crippen molar-refractivity contribution in [1.82, 2.24) is 19.4 Å². The van der Waals surface area contributed by atoms with Crippen LogP contribution in [0, 0.1) is 10.2 Å². The molecule has 1 atom stereocenters. The van der Waals surface area contributed by atoms with Crippen molar-refractivity contribution < 1.29 is 19.5 Å². The molecule has 4 amide bonds. The Morgan fingerprint density at radius 1 is 1.12 bits per heavy atom. The molecule has 12 heteroatoms. The van der Waals surface area contributed by atoms with Gasteiger partial charge in [0, 0.05) is 39.1 Å². The number of fused-ring (bicyclic) bond motifs is 4. The lowest BCUT2D eigenvalue weighted by atomic mass is 9.68. The fourth-order valence-corrected chi connectivity index (χ4v) is 6.59. The van der Waals surface area contributed by atoms with E-state index in [-0.39, 0.29) is 28.7 Å². The van der Waals surface area contributed by atoms with Gasteiger partial charge in [-0.15, -0.1) is 0 Å². The predicted molar refractivity (Wildman–Crippen MR) is 153 cm³/mol. The maximum absolute atomic E-state index is 13.6. The quantitative estimate of drug-likeness (QED) is 0.227. The number of urea groups is 1. The van der Waals surface area contributed by atoms with Crippen molar-refractivity contribution in [3.63, 3.8) is 0 Å². The van der Waals surface area contributed by atoms with Crippen molar-refractivity contribution in [1.29, 1.82) is 0 Å². The van der Waals surface area contributed by atoms with E-state index in [0.29, 0.717) is 25.2 Å². The molecule has 40 heavy (non-hydrogen) atoms. The van der Waals surface area contributed by atoms with Crippen LogP contribution in [0.15, 0.2) is 28.0 Å². The minimum atomic E-state index is -1.40. The van der Waals surface area contributed by atoms with Gasteiger partial charge in [-0.3, -0.25) is 38.7 Å². The average molecular weight is 567 g/mol. The fraction of sp³-hybridized carbons (Fsp3) is 0.500. The maximum Gasteiger partial charge on any atom is 0.332 e. The molecular weight excluding hydrogens is 532 g/mol. The van der Waals surface area contributed by atoms with E-state index < -0.39 is 28.8 Å². The number of anilines is 1. The lowest BCUT2D eigenvalue weighted by Gasteiger charge is -2.50. The topological polar surface area (TPSA) is 131 Å². The van der Waals surface area contributed by atoms with Crippen molar-refractivity contribution >= 4 is 47.7 Å². The van der Waals surface area contributed by atoms with Crippen LogP contribution in [0.5, 0.6) is 5.88 Å². The lowest BCUT2D eigenvalue weighted by Crippen LogP contribution is -2.70. The number of imide groups is 2. The first kappa shape index (κ1) is 27.8. The van der Waals surface area contributed by atoms with Gasteiger partial charge in [0.2, 0.25) is 17.7 Å². The van der Waals surface area contributed by atoms with E-state index >= 15 is 0 Å². The van der Waals surface area contributed by atoms with E-state index in [9.17, 15) is 24.3 Å². The molecule has 212 valence electrons. The SMILES string of the molecule is CCCCCCn1c(O)c(C=Nc2ccc3c(c2)CC2(C(=O)N(C)C(=O)N(C)C2=O)C2CCCN32)c(=O)[nH]c1=S. The van der Waals surface area contributed by atoms with Gasteiger partial charge in [-0.1, -0.05) is 26.2 Å². The zero-order valence-corrected chi connectivity index (χ0v) is 23.8. The molecule has 0 bridgehead atoms. The van der Waals surface area contributed by atoms with Crippen molar-refractivity contribution in [2.45, 2.75) is 64.5 Å². The van der Waals surface area contributed by atoms with Gasteiger partial charge in [-0.05, 0) is 61.7 Å². The van der Waals surface area contributed by atoms with Crippen LogP contribution >= 0.6 is 12.2 Å². The first-order chi connectivity index (χ1) is 19.1. The Labute approximate surface area is 237 Å². The van der Waals surface area contributed by atoms with E-state index in [1.807, 2.05) is 6.07 Å². The Kier molecular flexibility index (Phi) is 7.38. The number of barbiturate groups is 1. The van der Waals surface area contributed by atoms with Gasteiger partial charge in [0.1, 0.15) is 5.56 Å². The Balaban J connectivity index is 1.49. The highest BCUT2D eigenvalue weighted by atomic mass is 32.1. The second-order valence-electron chi connectivity index (χ2n) is 10.8. The Morgan fingerprint density at radius 3 is 2.55 bits per heavy atom. The number of carbonyl (C=O) groups is 3. The second kappa shape index (κ2) is 10.6. The maximum atomic E-state index is 13.6. The van der Waals surface area contributed by atoms with E-state index in [0.717, 1.165) is 53.2 Å². The molecule has 3 aliphatic heterocycles. The molecule has 2 N–H and O–H groups in total. The fourth-order valence-electron chi connectivity index (χ4n) is 6.32. The highest BCUT2D eigenvalue weighted by Gasteiger charge is 2.63. The molecule has 1 aromatic heterocycles. The number of aromatic amines is 1. The summed E-state index contributed by atoms with van der Waals surface area (Å²) in [6.07, 6.45) is 6.90. The number of hydrogen-bond acceptors (Lipinski definition) is 8. The molecule has 3 aliphatic rings. The van der Waals surface area contributed by atoms with Gasteiger partial charge in [-0.25, -0.2) is 4.79 Å². The van der Waals surface area contributed by atoms with Gasteiger partial charge in [0.25, 0.3) is 5.56 Å². The van der Waals surface area contributed by atoms with E-state index in [1.54, 1.807) is 12.1 Å². The number of rotatable bonds is 7. The van der Waals surface area contributed by atoms with Crippen LogP contribution < -0.4 is 10.5 Å². The molecule has 1 aromatic carbocycles. The third-order valence-corrected chi connectivity index (χ3v) is 8.72. The second-order valence-corrected chi connectivity index (χ2v) is 11.2. The molecule has 2 aromatic rings. The summed E-state index contributed by atoms with van der Waals surface area (Å²) in [6, 6.07) is 4.54. The monoisotopic (exact) mass is 566 g/mol. The Morgan fingerprint density at radius 2 is 1.85 bits per heavy atom. The number of benzene rings is 1. The van der Waals surface area contributed by atoms with Gasteiger partial charge in [0.05, 0.1) is 11.7 Å². The molecule has 0 radical (unpaired) electrons. The summed E-state index contributed by atoms with van der Waals surface area (Å²) in [5, 5.41) is 10.8. The van der Waals surface area contributed by atoms with E-state index in [2.05, 4.69) is 21.8 Å². The zero-order chi connectivity index (χ0) is 28.8. The number of hydrogen-bond donors (Lipinski definition) is 2. The van der Waals surface area contributed by atoms with Crippen LogP contribution in [0.25, 0.3) is 0 Å². The summed E-state index contributed by atoms with van der Waals surface area (Å²) in [5.74, 6) is -1.21.